The second-order valence-electron chi connectivity index (χ2n) is 16.4. The number of amides is 1. The fraction of sp³-hybridized carbons (Fsp3) is 0.333. The van der Waals surface area contributed by atoms with Gasteiger partial charge in [-0.1, -0.05) is 221 Å². The minimum Gasteiger partial charge on any atom is -0.481 e. The van der Waals surface area contributed by atoms with Gasteiger partial charge in [-0.25, -0.2) is 0 Å². The standard InChI is InChI=1S/C57H65NO3S2/c59-54(42-29-43-55(60)61)58(45-26-4-6-28-47-63-57(51-36-19-10-20-37-51,52-38-21-11-22-39-52)53-40-23-12-24-41-53)44-25-3-1-2-5-27-46-62-56(48-30-13-7-14-31-48,49-32-15-8-16-33-49)50-34-17-9-18-35-50/h7-24,30-41H,1-6,25-29,42-47H2,(H,60,61). The lowest BCUT2D eigenvalue weighted by Gasteiger charge is -2.35. The molecule has 0 aliphatic heterocycles. The summed E-state index contributed by atoms with van der Waals surface area (Å²) in [7, 11) is 0. The number of rotatable bonds is 28. The number of thioether (sulfide) groups is 2. The highest BCUT2D eigenvalue weighted by Crippen LogP contribution is 2.50. The van der Waals surface area contributed by atoms with Crippen LogP contribution in [-0.4, -0.2) is 46.5 Å². The molecular weight excluding hydrogens is 811 g/mol. The van der Waals surface area contributed by atoms with Crippen LogP contribution in [0.15, 0.2) is 182 Å². The number of hydrogen-bond donors (Lipinski definition) is 1. The number of unbranched alkanes of at least 4 members (excludes halogenated alkanes) is 8. The van der Waals surface area contributed by atoms with Crippen molar-refractivity contribution < 1.29 is 14.7 Å². The summed E-state index contributed by atoms with van der Waals surface area (Å²) in [6, 6.07) is 65.4. The Kier molecular flexibility index (Phi) is 19.5. The van der Waals surface area contributed by atoms with Gasteiger partial charge in [0.2, 0.25) is 5.91 Å². The van der Waals surface area contributed by atoms with Gasteiger partial charge in [0.25, 0.3) is 0 Å². The first-order chi connectivity index (χ1) is 31.0. The lowest BCUT2D eigenvalue weighted by atomic mass is 9.84. The molecule has 6 heteroatoms. The molecule has 63 heavy (non-hydrogen) atoms. The second kappa shape index (κ2) is 25.9. The van der Waals surface area contributed by atoms with Gasteiger partial charge >= 0.3 is 5.97 Å². The summed E-state index contributed by atoms with van der Waals surface area (Å²) in [5.41, 5.74) is 7.78. The van der Waals surface area contributed by atoms with Crippen LogP contribution in [0.5, 0.6) is 0 Å². The monoisotopic (exact) mass is 875 g/mol. The molecule has 6 rings (SSSR count). The highest BCUT2D eigenvalue weighted by Gasteiger charge is 2.37. The highest BCUT2D eigenvalue weighted by molar-refractivity contribution is 8.00. The molecule has 1 N–H and O–H groups in total. The smallest absolute Gasteiger partial charge is 0.303 e. The zero-order valence-electron chi connectivity index (χ0n) is 36.9. The number of carboxylic acid groups (broad SMARTS) is 1. The molecule has 0 bridgehead atoms. The van der Waals surface area contributed by atoms with Crippen LogP contribution in [0.25, 0.3) is 0 Å². The van der Waals surface area contributed by atoms with Crippen molar-refractivity contribution in [3.63, 3.8) is 0 Å². The molecule has 0 heterocycles. The van der Waals surface area contributed by atoms with Crippen molar-refractivity contribution in [1.82, 2.24) is 4.90 Å². The van der Waals surface area contributed by atoms with Crippen LogP contribution in [0.4, 0.5) is 0 Å². The van der Waals surface area contributed by atoms with Crippen LogP contribution >= 0.6 is 23.5 Å². The average molecular weight is 876 g/mol. The molecule has 328 valence electrons. The third-order valence-corrected chi connectivity index (χ3v) is 15.3. The summed E-state index contributed by atoms with van der Waals surface area (Å²) in [4.78, 5) is 26.6. The van der Waals surface area contributed by atoms with Crippen molar-refractivity contribution in [1.29, 1.82) is 0 Å². The first-order valence-electron chi connectivity index (χ1n) is 23.1. The molecule has 1 amide bonds. The Morgan fingerprint density at radius 3 is 0.921 bits per heavy atom. The summed E-state index contributed by atoms with van der Waals surface area (Å²) >= 11 is 4.06. The molecule has 0 saturated carbocycles. The van der Waals surface area contributed by atoms with E-state index in [-0.39, 0.29) is 21.8 Å². The third kappa shape index (κ3) is 13.5. The molecule has 0 saturated heterocycles. The van der Waals surface area contributed by atoms with Crippen LogP contribution in [0.2, 0.25) is 0 Å². The van der Waals surface area contributed by atoms with Gasteiger partial charge in [-0.2, -0.15) is 0 Å². The summed E-state index contributed by atoms with van der Waals surface area (Å²) in [5, 5.41) is 9.20. The van der Waals surface area contributed by atoms with E-state index in [1.165, 1.54) is 46.2 Å². The maximum Gasteiger partial charge on any atom is 0.303 e. The van der Waals surface area contributed by atoms with E-state index in [2.05, 4.69) is 182 Å². The van der Waals surface area contributed by atoms with Gasteiger partial charge in [-0.05, 0) is 77.0 Å². The van der Waals surface area contributed by atoms with Crippen molar-refractivity contribution in [2.45, 2.75) is 93.0 Å². The number of nitrogens with zero attached hydrogens (tertiary/aromatic N) is 1. The van der Waals surface area contributed by atoms with E-state index in [1.807, 2.05) is 28.4 Å². The zero-order chi connectivity index (χ0) is 43.8. The Morgan fingerprint density at radius 2 is 0.635 bits per heavy atom. The summed E-state index contributed by atoms with van der Waals surface area (Å²) in [6.07, 6.45) is 11.7. The van der Waals surface area contributed by atoms with Crippen LogP contribution in [0.3, 0.4) is 0 Å². The van der Waals surface area contributed by atoms with Crippen molar-refractivity contribution >= 4 is 35.4 Å². The predicted molar refractivity (Wildman–Crippen MR) is 268 cm³/mol. The van der Waals surface area contributed by atoms with Crippen molar-refractivity contribution in [2.24, 2.45) is 0 Å². The van der Waals surface area contributed by atoms with Crippen LogP contribution in [-0.2, 0) is 19.1 Å². The number of hydrogen-bond acceptors (Lipinski definition) is 4. The lowest BCUT2D eigenvalue weighted by Crippen LogP contribution is -2.33. The van der Waals surface area contributed by atoms with E-state index in [4.69, 9.17) is 0 Å². The summed E-state index contributed by atoms with van der Waals surface area (Å²) < 4.78 is -0.580. The number of carbonyl (C=O) groups excluding carboxylic acids is 1. The first-order valence-corrected chi connectivity index (χ1v) is 25.1. The molecule has 4 nitrogen and oxygen atoms in total. The predicted octanol–water partition coefficient (Wildman–Crippen LogP) is 14.4. The maximum atomic E-state index is 13.4. The quantitative estimate of drug-likeness (QED) is 0.0393. The molecule has 0 radical (unpaired) electrons. The van der Waals surface area contributed by atoms with Gasteiger partial charge in [-0.3, -0.25) is 9.59 Å². The Hall–Kier alpha value is -5.04. The number of aliphatic carboxylic acids is 1. The van der Waals surface area contributed by atoms with Gasteiger partial charge in [0.1, 0.15) is 0 Å². The molecule has 6 aromatic carbocycles. The van der Waals surface area contributed by atoms with E-state index in [1.54, 1.807) is 0 Å². The molecule has 0 unspecified atom stereocenters. The fourth-order valence-corrected chi connectivity index (χ4v) is 11.9. The number of benzene rings is 6. The van der Waals surface area contributed by atoms with E-state index in [0.717, 1.165) is 76.0 Å². The average Bonchev–Trinajstić information content (AvgIpc) is 3.34. The molecule has 0 spiro atoms. The Morgan fingerprint density at radius 1 is 0.365 bits per heavy atom. The molecule has 0 fully saturated rings. The summed E-state index contributed by atoms with van der Waals surface area (Å²) in [5.74, 6) is 1.33. The van der Waals surface area contributed by atoms with Gasteiger partial charge < -0.3 is 10.0 Å². The van der Waals surface area contributed by atoms with Crippen LogP contribution in [0, 0.1) is 0 Å². The SMILES string of the molecule is O=C(O)CCCC(=O)N(CCCCCCCCSC(c1ccccc1)(c1ccccc1)c1ccccc1)CCCCCCSC(c1ccccc1)(c1ccccc1)c1ccccc1. The molecule has 0 aliphatic rings. The van der Waals surface area contributed by atoms with Crippen molar-refractivity contribution in [2.75, 3.05) is 24.6 Å². The number of carboxylic acids is 1. The third-order valence-electron chi connectivity index (χ3n) is 12.0. The fourth-order valence-electron chi connectivity index (χ4n) is 8.77. The normalized spacial score (nSPS) is 11.6. The lowest BCUT2D eigenvalue weighted by molar-refractivity contribution is -0.137. The van der Waals surface area contributed by atoms with Crippen molar-refractivity contribution in [3.8, 4) is 0 Å². The zero-order valence-corrected chi connectivity index (χ0v) is 38.5. The van der Waals surface area contributed by atoms with E-state index >= 15 is 0 Å². The minimum absolute atomic E-state index is 0.0368. The Bertz CT molecular complexity index is 1980. The Balaban J connectivity index is 0.959. The van der Waals surface area contributed by atoms with Gasteiger partial charge in [-0.15, -0.1) is 23.5 Å². The van der Waals surface area contributed by atoms with E-state index < -0.39 is 5.97 Å². The summed E-state index contributed by atoms with van der Waals surface area (Å²) in [6.45, 7) is 1.49. The topological polar surface area (TPSA) is 57.6 Å². The van der Waals surface area contributed by atoms with Crippen molar-refractivity contribution in [3.05, 3.63) is 215 Å². The largest absolute Gasteiger partial charge is 0.481 e. The molecule has 0 aliphatic carbocycles. The maximum absolute atomic E-state index is 13.4. The van der Waals surface area contributed by atoms with Crippen LogP contribution < -0.4 is 0 Å². The molecule has 0 aromatic heterocycles. The second-order valence-corrected chi connectivity index (χ2v) is 19.0. The number of carbonyl (C=O) groups is 2. The van der Waals surface area contributed by atoms with Gasteiger partial charge in [0.05, 0.1) is 9.49 Å². The molecular formula is C57H65NO3S2. The van der Waals surface area contributed by atoms with Gasteiger partial charge in [0, 0.05) is 25.9 Å². The van der Waals surface area contributed by atoms with E-state index in [0.29, 0.717) is 12.8 Å². The Labute approximate surface area is 386 Å². The molecule has 6 aromatic rings. The minimum atomic E-state index is -0.840. The molecule has 0 atom stereocenters. The highest BCUT2D eigenvalue weighted by atomic mass is 32.2. The first kappa shape index (κ1) is 47.4. The van der Waals surface area contributed by atoms with Gasteiger partial charge in [0.15, 0.2) is 0 Å². The van der Waals surface area contributed by atoms with E-state index in [9.17, 15) is 14.7 Å². The van der Waals surface area contributed by atoms with Crippen LogP contribution in [0.1, 0.15) is 117 Å².